The van der Waals surface area contributed by atoms with E-state index in [0.717, 1.165) is 17.1 Å². The fourth-order valence-electron chi connectivity index (χ4n) is 2.95. The van der Waals surface area contributed by atoms with Gasteiger partial charge in [-0.3, -0.25) is 0 Å². The Hall–Kier alpha value is -1.48. The number of allylic oxidation sites excluding steroid dienone is 2. The molecule has 1 fully saturated rings. The average molecular weight is 306 g/mol. The molecule has 21 heavy (non-hydrogen) atoms. The van der Waals surface area contributed by atoms with Crippen molar-refractivity contribution < 1.29 is 0 Å². The Labute approximate surface area is 133 Å². The van der Waals surface area contributed by atoms with Crippen molar-refractivity contribution in [2.24, 2.45) is 4.99 Å². The largest absolute Gasteiger partial charge is 0.386 e. The summed E-state index contributed by atoms with van der Waals surface area (Å²) in [6, 6.07) is 4.69. The predicted molar refractivity (Wildman–Crippen MR) is 91.0 cm³/mol. The quantitative estimate of drug-likeness (QED) is 0.801. The molecule has 114 valence electrons. The monoisotopic (exact) mass is 305 g/mol. The third kappa shape index (κ3) is 4.01. The van der Waals surface area contributed by atoms with Gasteiger partial charge in [-0.25, -0.2) is 4.99 Å². The lowest BCUT2D eigenvalue weighted by molar-refractivity contribution is 0.515. The minimum Gasteiger partial charge on any atom is -0.386 e. The van der Waals surface area contributed by atoms with E-state index in [1.807, 2.05) is 12.3 Å². The third-order valence-electron chi connectivity index (χ3n) is 4.18. The van der Waals surface area contributed by atoms with Gasteiger partial charge >= 0.3 is 0 Å². The number of nitrogens with zero attached hydrogens (tertiary/aromatic N) is 1. The fraction of sp³-hybridized carbons (Fsp3) is 0.471. The number of rotatable bonds is 3. The Balaban J connectivity index is 0.00000161. The summed E-state index contributed by atoms with van der Waals surface area (Å²) in [5.41, 5.74) is 4.42. The number of hydrogen-bond acceptors (Lipinski definition) is 2. The van der Waals surface area contributed by atoms with Crippen LogP contribution in [-0.2, 0) is 0 Å². The second kappa shape index (κ2) is 7.51. The number of hydrogen-bond donors (Lipinski definition) is 2. The van der Waals surface area contributed by atoms with E-state index in [4.69, 9.17) is 4.99 Å². The number of H-pyrrole nitrogens is 1. The van der Waals surface area contributed by atoms with Gasteiger partial charge in [0, 0.05) is 18.4 Å². The molecule has 2 heterocycles. The molecule has 1 aliphatic heterocycles. The van der Waals surface area contributed by atoms with E-state index in [1.54, 1.807) is 0 Å². The van der Waals surface area contributed by atoms with E-state index in [2.05, 4.69) is 35.6 Å². The first-order chi connectivity index (χ1) is 9.83. The van der Waals surface area contributed by atoms with Gasteiger partial charge in [-0.05, 0) is 43.5 Å². The van der Waals surface area contributed by atoms with Gasteiger partial charge in [0.1, 0.15) is 0 Å². The van der Waals surface area contributed by atoms with Gasteiger partial charge in [-0.1, -0.05) is 25.7 Å². The fourth-order valence-corrected chi connectivity index (χ4v) is 2.95. The van der Waals surface area contributed by atoms with Crippen molar-refractivity contribution in [2.45, 2.75) is 51.5 Å². The van der Waals surface area contributed by atoms with Crippen molar-refractivity contribution in [1.29, 1.82) is 0 Å². The zero-order valence-electron chi connectivity index (χ0n) is 12.6. The second-order valence-corrected chi connectivity index (χ2v) is 5.79. The van der Waals surface area contributed by atoms with Gasteiger partial charge in [0.05, 0.1) is 17.1 Å². The second-order valence-electron chi connectivity index (χ2n) is 5.79. The van der Waals surface area contributed by atoms with Crippen molar-refractivity contribution in [1.82, 2.24) is 10.3 Å². The summed E-state index contributed by atoms with van der Waals surface area (Å²) in [7, 11) is 0. The number of nitrogens with one attached hydrogen (secondary N) is 2. The first kappa shape index (κ1) is 15.9. The van der Waals surface area contributed by atoms with Crippen LogP contribution in [0.3, 0.4) is 0 Å². The van der Waals surface area contributed by atoms with Crippen molar-refractivity contribution >= 4 is 18.1 Å². The number of aromatic amines is 1. The van der Waals surface area contributed by atoms with Gasteiger partial charge in [0.2, 0.25) is 0 Å². The van der Waals surface area contributed by atoms with E-state index in [-0.39, 0.29) is 12.4 Å². The molecular weight excluding hydrogens is 282 g/mol. The first-order valence-corrected chi connectivity index (χ1v) is 7.70. The highest BCUT2D eigenvalue weighted by molar-refractivity contribution is 6.10. The van der Waals surface area contributed by atoms with Gasteiger partial charge in [-0.2, -0.15) is 0 Å². The number of aliphatic imine (C=N–C) groups is 1. The van der Waals surface area contributed by atoms with Crippen LogP contribution in [0.15, 0.2) is 46.9 Å². The van der Waals surface area contributed by atoms with Gasteiger partial charge in [0.15, 0.2) is 0 Å². The molecule has 1 aromatic heterocycles. The lowest BCUT2D eigenvalue weighted by Gasteiger charge is -2.14. The molecule has 0 amide bonds. The maximum absolute atomic E-state index is 4.71. The highest BCUT2D eigenvalue weighted by atomic mass is 35.5. The Morgan fingerprint density at radius 3 is 2.67 bits per heavy atom. The molecule has 0 spiro atoms. The van der Waals surface area contributed by atoms with E-state index in [1.165, 1.54) is 44.1 Å². The minimum absolute atomic E-state index is 0. The first-order valence-electron chi connectivity index (χ1n) is 7.70. The topological polar surface area (TPSA) is 40.2 Å². The molecule has 3 rings (SSSR count). The van der Waals surface area contributed by atoms with Crippen LogP contribution in [0.25, 0.3) is 0 Å². The molecule has 2 aliphatic rings. The minimum atomic E-state index is 0. The summed E-state index contributed by atoms with van der Waals surface area (Å²) < 4.78 is 0. The van der Waals surface area contributed by atoms with Crippen LogP contribution >= 0.6 is 12.4 Å². The van der Waals surface area contributed by atoms with Crippen LogP contribution in [0.5, 0.6) is 0 Å². The molecule has 2 N–H and O–H groups in total. The Morgan fingerprint density at radius 1 is 1.24 bits per heavy atom. The summed E-state index contributed by atoms with van der Waals surface area (Å²) in [4.78, 5) is 7.92. The van der Waals surface area contributed by atoms with Gasteiger partial charge in [0.25, 0.3) is 0 Å². The molecule has 0 unspecified atom stereocenters. The zero-order valence-corrected chi connectivity index (χ0v) is 13.4. The Bertz CT molecular complexity index is 532. The lowest BCUT2D eigenvalue weighted by atomic mass is 10.1. The summed E-state index contributed by atoms with van der Waals surface area (Å²) in [6.45, 7) is 2.13. The van der Waals surface area contributed by atoms with Crippen molar-refractivity contribution in [3.8, 4) is 0 Å². The highest BCUT2D eigenvalue weighted by Crippen LogP contribution is 2.22. The molecule has 0 radical (unpaired) electrons. The Kier molecular flexibility index (Phi) is 5.68. The molecule has 1 aliphatic carbocycles. The van der Waals surface area contributed by atoms with Crippen molar-refractivity contribution in [3.05, 3.63) is 47.6 Å². The van der Waals surface area contributed by atoms with Gasteiger partial charge in [-0.15, -0.1) is 12.4 Å². The van der Waals surface area contributed by atoms with E-state index in [0.29, 0.717) is 6.04 Å². The Morgan fingerprint density at radius 2 is 2.00 bits per heavy atom. The predicted octanol–water partition coefficient (Wildman–Crippen LogP) is 4.34. The number of halogens is 1. The summed E-state index contributed by atoms with van der Waals surface area (Å²) in [6.07, 6.45) is 14.3. The average Bonchev–Trinajstić information content (AvgIpc) is 3.01. The lowest BCUT2D eigenvalue weighted by Crippen LogP contribution is -2.23. The van der Waals surface area contributed by atoms with Crippen LogP contribution in [0.4, 0.5) is 0 Å². The maximum atomic E-state index is 4.71. The standard InChI is InChI=1S/C17H23N3.ClH/c1-13-11-16(15-9-6-10-18-15)20-17(13)12-19-14-7-4-2-3-5-8-14;/h6,9-12,14,18-19H,2-5,7-8H2,1H3;1H/b17-12+;. The normalized spacial score (nSPS) is 21.5. The smallest absolute Gasteiger partial charge is 0.0875 e. The zero-order chi connectivity index (χ0) is 13.8. The van der Waals surface area contributed by atoms with Crippen LogP contribution < -0.4 is 5.32 Å². The van der Waals surface area contributed by atoms with Crippen LogP contribution in [0.1, 0.15) is 51.1 Å². The third-order valence-corrected chi connectivity index (χ3v) is 4.18. The molecule has 0 aromatic carbocycles. The van der Waals surface area contributed by atoms with Crippen LogP contribution in [0, 0.1) is 0 Å². The molecule has 4 heteroatoms. The summed E-state index contributed by atoms with van der Waals surface area (Å²) in [5, 5.41) is 3.58. The van der Waals surface area contributed by atoms with Gasteiger partial charge < -0.3 is 10.3 Å². The van der Waals surface area contributed by atoms with E-state index >= 15 is 0 Å². The van der Waals surface area contributed by atoms with E-state index in [9.17, 15) is 0 Å². The maximum Gasteiger partial charge on any atom is 0.0875 e. The molecule has 0 saturated heterocycles. The molecule has 0 atom stereocenters. The summed E-state index contributed by atoms with van der Waals surface area (Å²) >= 11 is 0. The van der Waals surface area contributed by atoms with Crippen molar-refractivity contribution in [3.63, 3.8) is 0 Å². The SMILES string of the molecule is CC1=CC(c2ccc[nH]2)=N/C1=C/NC1CCCCCC1.Cl. The number of aromatic nitrogens is 1. The molecule has 3 nitrogen and oxygen atoms in total. The highest BCUT2D eigenvalue weighted by Gasteiger charge is 2.14. The molecular formula is C17H24ClN3. The summed E-state index contributed by atoms with van der Waals surface area (Å²) in [5.74, 6) is 0. The molecule has 1 saturated carbocycles. The van der Waals surface area contributed by atoms with E-state index < -0.39 is 0 Å². The molecule has 0 bridgehead atoms. The van der Waals surface area contributed by atoms with Crippen LogP contribution in [0.2, 0.25) is 0 Å². The van der Waals surface area contributed by atoms with Crippen LogP contribution in [-0.4, -0.2) is 16.7 Å². The van der Waals surface area contributed by atoms with Crippen molar-refractivity contribution in [2.75, 3.05) is 0 Å². The molecule has 1 aromatic rings.